The number of halogens is 4. The van der Waals surface area contributed by atoms with Crippen molar-refractivity contribution in [3.8, 4) is 0 Å². The maximum absolute atomic E-state index is 12.2. The Hall–Kier alpha value is -0.490. The average Bonchev–Trinajstić information content (AvgIpc) is 2.47. The third-order valence-electron chi connectivity index (χ3n) is 2.40. The van der Waals surface area contributed by atoms with Gasteiger partial charge in [0.25, 0.3) is 0 Å². The Labute approximate surface area is 92.2 Å². The summed E-state index contributed by atoms with van der Waals surface area (Å²) in [6.45, 7) is 1.45. The second-order valence-corrected chi connectivity index (χ2v) is 3.60. The number of hydrogen-bond acceptors (Lipinski definition) is 2. The van der Waals surface area contributed by atoms with Crippen molar-refractivity contribution in [2.45, 2.75) is 25.6 Å². The first-order valence-corrected chi connectivity index (χ1v) is 4.43. The monoisotopic (exact) mass is 246 g/mol. The van der Waals surface area contributed by atoms with E-state index in [0.29, 0.717) is 13.0 Å². The van der Waals surface area contributed by atoms with Gasteiger partial charge in [0.05, 0.1) is 0 Å². The topological polar surface area (TPSA) is 46.3 Å². The molecular weight excluding hydrogens is 233 g/mol. The van der Waals surface area contributed by atoms with Crippen molar-refractivity contribution in [2.24, 2.45) is 11.7 Å². The molecule has 3 nitrogen and oxygen atoms in total. The van der Waals surface area contributed by atoms with Gasteiger partial charge in [0.15, 0.2) is 0 Å². The number of rotatable bonds is 1. The van der Waals surface area contributed by atoms with E-state index in [9.17, 15) is 18.0 Å². The van der Waals surface area contributed by atoms with Crippen LogP contribution in [-0.2, 0) is 4.79 Å². The Balaban J connectivity index is 0.00000196. The molecule has 0 saturated carbocycles. The van der Waals surface area contributed by atoms with Gasteiger partial charge in [0.1, 0.15) is 5.92 Å². The van der Waals surface area contributed by atoms with Gasteiger partial charge in [-0.2, -0.15) is 13.2 Å². The molecule has 0 aromatic carbocycles. The number of alkyl halides is 3. The summed E-state index contributed by atoms with van der Waals surface area (Å²) in [6, 6.07) is -0.181. The molecule has 2 N–H and O–H groups in total. The first kappa shape index (κ1) is 14.5. The Morgan fingerprint density at radius 3 is 2.40 bits per heavy atom. The van der Waals surface area contributed by atoms with E-state index in [1.807, 2.05) is 0 Å². The Morgan fingerprint density at radius 1 is 1.53 bits per heavy atom. The summed E-state index contributed by atoms with van der Waals surface area (Å²) in [5.41, 5.74) is 5.50. The van der Waals surface area contributed by atoms with Crippen LogP contribution < -0.4 is 5.73 Å². The van der Waals surface area contributed by atoms with Gasteiger partial charge in [0.2, 0.25) is 5.91 Å². The standard InChI is InChI=1S/C8H13F3N2O.ClH/c1-5(8(9,10)11)7(14)13-3-2-6(12)4-13;/h5-6H,2-4,12H2,1H3;1H/t5?,6-;/m0./s1. The molecule has 1 rings (SSSR count). The normalized spacial score (nSPS) is 23.5. The lowest BCUT2D eigenvalue weighted by molar-refractivity contribution is -0.184. The van der Waals surface area contributed by atoms with E-state index in [2.05, 4.69) is 0 Å². The molecule has 0 radical (unpaired) electrons. The predicted molar refractivity (Wildman–Crippen MR) is 51.6 cm³/mol. The smallest absolute Gasteiger partial charge is 0.341 e. The summed E-state index contributed by atoms with van der Waals surface area (Å²) in [5, 5.41) is 0. The molecule has 2 atom stereocenters. The molecule has 0 bridgehead atoms. The molecule has 1 fully saturated rings. The fraction of sp³-hybridized carbons (Fsp3) is 0.875. The lowest BCUT2D eigenvalue weighted by Gasteiger charge is -2.22. The number of amides is 1. The predicted octanol–water partition coefficient (Wildman–Crippen LogP) is 1.17. The van der Waals surface area contributed by atoms with E-state index >= 15 is 0 Å². The molecule has 1 aliphatic rings. The maximum atomic E-state index is 12.2. The van der Waals surface area contributed by atoms with Crippen LogP contribution in [0.2, 0.25) is 0 Å². The second kappa shape index (κ2) is 5.03. The minimum atomic E-state index is -4.45. The highest BCUT2D eigenvalue weighted by Gasteiger charge is 2.43. The Bertz CT molecular complexity index is 234. The van der Waals surface area contributed by atoms with E-state index in [-0.39, 0.29) is 25.0 Å². The molecule has 1 aliphatic heterocycles. The number of likely N-dealkylation sites (tertiary alicyclic amines) is 1. The van der Waals surface area contributed by atoms with Crippen LogP contribution in [0.4, 0.5) is 13.2 Å². The van der Waals surface area contributed by atoms with Crippen molar-refractivity contribution in [3.05, 3.63) is 0 Å². The first-order valence-electron chi connectivity index (χ1n) is 4.43. The van der Waals surface area contributed by atoms with Crippen LogP contribution in [-0.4, -0.2) is 36.1 Å². The van der Waals surface area contributed by atoms with Crippen molar-refractivity contribution in [1.82, 2.24) is 4.90 Å². The van der Waals surface area contributed by atoms with Gasteiger partial charge in [-0.15, -0.1) is 12.4 Å². The van der Waals surface area contributed by atoms with Crippen LogP contribution in [0.5, 0.6) is 0 Å². The molecule has 1 unspecified atom stereocenters. The van der Waals surface area contributed by atoms with Crippen molar-refractivity contribution >= 4 is 18.3 Å². The second-order valence-electron chi connectivity index (χ2n) is 3.60. The van der Waals surface area contributed by atoms with E-state index < -0.39 is 18.0 Å². The molecule has 0 aliphatic carbocycles. The van der Waals surface area contributed by atoms with Gasteiger partial charge in [-0.3, -0.25) is 4.79 Å². The zero-order valence-electron chi connectivity index (χ0n) is 8.25. The highest BCUT2D eigenvalue weighted by Crippen LogP contribution is 2.28. The summed E-state index contributed by atoms with van der Waals surface area (Å²) in [5.74, 6) is -2.79. The van der Waals surface area contributed by atoms with Crippen LogP contribution in [0.3, 0.4) is 0 Å². The van der Waals surface area contributed by atoms with E-state index in [1.165, 1.54) is 4.90 Å². The van der Waals surface area contributed by atoms with Crippen molar-refractivity contribution in [1.29, 1.82) is 0 Å². The summed E-state index contributed by atoms with van der Waals surface area (Å²) in [4.78, 5) is 12.5. The number of nitrogens with two attached hydrogens (primary N) is 1. The molecular formula is C8H14ClF3N2O. The summed E-state index contributed by atoms with van der Waals surface area (Å²) < 4.78 is 36.5. The molecule has 1 heterocycles. The molecule has 0 aromatic heterocycles. The first-order chi connectivity index (χ1) is 6.32. The summed E-state index contributed by atoms with van der Waals surface area (Å²) in [7, 11) is 0. The minimum absolute atomic E-state index is 0. The molecule has 1 saturated heterocycles. The number of carbonyl (C=O) groups is 1. The highest BCUT2D eigenvalue weighted by molar-refractivity contribution is 5.85. The Kier molecular flexibility index (Phi) is 4.86. The van der Waals surface area contributed by atoms with E-state index in [1.54, 1.807) is 0 Å². The fourth-order valence-corrected chi connectivity index (χ4v) is 1.40. The molecule has 90 valence electrons. The van der Waals surface area contributed by atoms with E-state index in [0.717, 1.165) is 6.92 Å². The van der Waals surface area contributed by atoms with Gasteiger partial charge in [-0.25, -0.2) is 0 Å². The minimum Gasteiger partial charge on any atom is -0.341 e. The highest BCUT2D eigenvalue weighted by atomic mass is 35.5. The number of nitrogens with zero attached hydrogens (tertiary/aromatic N) is 1. The lowest BCUT2D eigenvalue weighted by atomic mass is 10.1. The van der Waals surface area contributed by atoms with Gasteiger partial charge in [-0.05, 0) is 13.3 Å². The summed E-state index contributed by atoms with van der Waals surface area (Å²) in [6.07, 6.45) is -3.87. The molecule has 0 spiro atoms. The largest absolute Gasteiger partial charge is 0.400 e. The maximum Gasteiger partial charge on any atom is 0.400 e. The van der Waals surface area contributed by atoms with Crippen LogP contribution in [0, 0.1) is 5.92 Å². The Morgan fingerprint density at radius 2 is 2.07 bits per heavy atom. The van der Waals surface area contributed by atoms with Gasteiger partial charge >= 0.3 is 6.18 Å². The lowest BCUT2D eigenvalue weighted by Crippen LogP contribution is -2.40. The zero-order chi connectivity index (χ0) is 10.9. The number of carbonyl (C=O) groups excluding carboxylic acids is 1. The van der Waals surface area contributed by atoms with Crippen LogP contribution in [0.25, 0.3) is 0 Å². The quantitative estimate of drug-likeness (QED) is 0.755. The molecule has 0 aromatic rings. The van der Waals surface area contributed by atoms with E-state index in [4.69, 9.17) is 5.73 Å². The van der Waals surface area contributed by atoms with Gasteiger partial charge in [-0.1, -0.05) is 0 Å². The molecule has 15 heavy (non-hydrogen) atoms. The van der Waals surface area contributed by atoms with Gasteiger partial charge in [0, 0.05) is 19.1 Å². The summed E-state index contributed by atoms with van der Waals surface area (Å²) >= 11 is 0. The SMILES string of the molecule is CC(C(=O)N1CC[C@H](N)C1)C(F)(F)F.Cl. The number of hydrogen-bond donors (Lipinski definition) is 1. The third kappa shape index (κ3) is 3.53. The van der Waals surface area contributed by atoms with Crippen molar-refractivity contribution in [3.63, 3.8) is 0 Å². The fourth-order valence-electron chi connectivity index (χ4n) is 1.40. The van der Waals surface area contributed by atoms with Crippen LogP contribution >= 0.6 is 12.4 Å². The van der Waals surface area contributed by atoms with Gasteiger partial charge < -0.3 is 10.6 Å². The van der Waals surface area contributed by atoms with Crippen LogP contribution in [0.1, 0.15) is 13.3 Å². The third-order valence-corrected chi connectivity index (χ3v) is 2.40. The zero-order valence-corrected chi connectivity index (χ0v) is 9.07. The molecule has 7 heteroatoms. The van der Waals surface area contributed by atoms with Crippen LogP contribution in [0.15, 0.2) is 0 Å². The van der Waals surface area contributed by atoms with Crippen molar-refractivity contribution in [2.75, 3.05) is 13.1 Å². The average molecular weight is 247 g/mol. The van der Waals surface area contributed by atoms with Crippen molar-refractivity contribution < 1.29 is 18.0 Å². The molecule has 1 amide bonds.